The molecule has 0 atom stereocenters. The van der Waals surface area contributed by atoms with Gasteiger partial charge < -0.3 is 25.0 Å². The summed E-state index contributed by atoms with van der Waals surface area (Å²) in [4.78, 5) is 38.3. The molecule has 0 spiro atoms. The molecule has 156 valence electrons. The van der Waals surface area contributed by atoms with Gasteiger partial charge in [-0.15, -0.1) is 0 Å². The van der Waals surface area contributed by atoms with Gasteiger partial charge in [0.2, 0.25) is 12.7 Å². The first kappa shape index (κ1) is 19.8. The van der Waals surface area contributed by atoms with Crippen molar-refractivity contribution in [3.05, 3.63) is 53.6 Å². The summed E-state index contributed by atoms with van der Waals surface area (Å²) >= 11 is 0. The number of likely N-dealkylation sites (tertiary alicyclic amines) is 1. The van der Waals surface area contributed by atoms with Crippen molar-refractivity contribution in [2.45, 2.75) is 25.8 Å². The molecule has 2 aliphatic rings. The monoisotopic (exact) mass is 409 g/mol. The van der Waals surface area contributed by atoms with Gasteiger partial charge in [-0.1, -0.05) is 6.07 Å². The summed E-state index contributed by atoms with van der Waals surface area (Å²) in [6.45, 7) is 2.70. The third-order valence-electron chi connectivity index (χ3n) is 5.18. The summed E-state index contributed by atoms with van der Waals surface area (Å²) in [7, 11) is 0. The van der Waals surface area contributed by atoms with Crippen LogP contribution in [0.1, 0.15) is 40.5 Å². The average molecular weight is 409 g/mol. The molecule has 8 nitrogen and oxygen atoms in total. The first-order chi connectivity index (χ1) is 14.5. The zero-order valence-electron chi connectivity index (χ0n) is 16.6. The van der Waals surface area contributed by atoms with Crippen molar-refractivity contribution in [2.24, 2.45) is 0 Å². The van der Waals surface area contributed by atoms with Crippen LogP contribution in [0.5, 0.6) is 11.5 Å². The number of nitrogens with zero attached hydrogens (tertiary/aromatic N) is 1. The molecule has 30 heavy (non-hydrogen) atoms. The third kappa shape index (κ3) is 4.37. The number of carbonyl (C=O) groups excluding carboxylic acids is 3. The molecule has 0 aliphatic carbocycles. The molecule has 1 fully saturated rings. The van der Waals surface area contributed by atoms with Crippen LogP contribution in [0, 0.1) is 0 Å². The second kappa shape index (κ2) is 8.44. The Morgan fingerprint density at radius 1 is 0.967 bits per heavy atom. The highest BCUT2D eigenvalue weighted by Crippen LogP contribution is 2.32. The van der Waals surface area contributed by atoms with Crippen LogP contribution in [0.25, 0.3) is 0 Å². The lowest BCUT2D eigenvalue weighted by molar-refractivity contribution is -0.114. The van der Waals surface area contributed by atoms with E-state index in [9.17, 15) is 14.4 Å². The molecular weight excluding hydrogens is 386 g/mol. The van der Waals surface area contributed by atoms with E-state index in [2.05, 4.69) is 10.6 Å². The highest BCUT2D eigenvalue weighted by atomic mass is 16.7. The first-order valence-corrected chi connectivity index (χ1v) is 9.87. The van der Waals surface area contributed by atoms with Crippen molar-refractivity contribution < 1.29 is 23.9 Å². The Morgan fingerprint density at radius 2 is 1.73 bits per heavy atom. The molecule has 2 aromatic carbocycles. The maximum absolute atomic E-state index is 12.8. The van der Waals surface area contributed by atoms with Gasteiger partial charge in [0.1, 0.15) is 0 Å². The van der Waals surface area contributed by atoms with E-state index in [0.717, 1.165) is 0 Å². The summed E-state index contributed by atoms with van der Waals surface area (Å²) in [6, 6.07) is 12.0. The third-order valence-corrected chi connectivity index (χ3v) is 5.18. The van der Waals surface area contributed by atoms with Crippen LogP contribution in [0.2, 0.25) is 0 Å². The van der Waals surface area contributed by atoms with E-state index < -0.39 is 0 Å². The molecule has 4 rings (SSSR count). The fourth-order valence-corrected chi connectivity index (χ4v) is 3.65. The number of ether oxygens (including phenoxy) is 2. The highest BCUT2D eigenvalue weighted by Gasteiger charge is 2.25. The zero-order valence-corrected chi connectivity index (χ0v) is 16.6. The van der Waals surface area contributed by atoms with E-state index in [1.807, 2.05) is 0 Å². The molecule has 8 heteroatoms. The number of rotatable bonds is 4. The van der Waals surface area contributed by atoms with Crippen molar-refractivity contribution >= 4 is 23.4 Å². The Bertz CT molecular complexity index is 982. The quantitative estimate of drug-likeness (QED) is 0.808. The number of benzene rings is 2. The molecule has 2 aliphatic heterocycles. The Morgan fingerprint density at radius 3 is 2.50 bits per heavy atom. The van der Waals surface area contributed by atoms with Crippen LogP contribution in [0.3, 0.4) is 0 Å². The first-order valence-electron chi connectivity index (χ1n) is 9.87. The maximum Gasteiger partial charge on any atom is 0.253 e. The highest BCUT2D eigenvalue weighted by molar-refractivity contribution is 5.97. The molecular formula is C22H23N3O5. The number of amides is 3. The molecule has 0 aromatic heterocycles. The molecule has 0 bridgehead atoms. The summed E-state index contributed by atoms with van der Waals surface area (Å²) in [6.07, 6.45) is 1.35. The Kier molecular flexibility index (Phi) is 5.56. The second-order valence-electron chi connectivity index (χ2n) is 7.37. The normalized spacial score (nSPS) is 15.6. The topological polar surface area (TPSA) is 97.0 Å². The fourth-order valence-electron chi connectivity index (χ4n) is 3.65. The van der Waals surface area contributed by atoms with Gasteiger partial charge in [0, 0.05) is 42.9 Å². The van der Waals surface area contributed by atoms with Crippen molar-refractivity contribution in [1.29, 1.82) is 0 Å². The number of anilines is 1. The fraction of sp³-hybridized carbons (Fsp3) is 0.318. The lowest BCUT2D eigenvalue weighted by atomic mass is 10.0. The van der Waals surface area contributed by atoms with E-state index in [0.29, 0.717) is 54.2 Å². The van der Waals surface area contributed by atoms with E-state index in [1.165, 1.54) is 6.92 Å². The number of hydrogen-bond acceptors (Lipinski definition) is 5. The molecule has 2 aromatic rings. The Hall–Kier alpha value is -3.55. The molecule has 0 unspecified atom stereocenters. The SMILES string of the molecule is CC(=O)Nc1cccc(C(=O)N2CCC(NC(=O)c3ccc4c(c3)OCO4)CC2)c1. The lowest BCUT2D eigenvalue weighted by Crippen LogP contribution is -2.46. The Balaban J connectivity index is 1.32. The van der Waals surface area contributed by atoms with E-state index in [4.69, 9.17) is 9.47 Å². The van der Waals surface area contributed by atoms with E-state index in [1.54, 1.807) is 47.4 Å². The van der Waals surface area contributed by atoms with Gasteiger partial charge in [-0.2, -0.15) is 0 Å². The minimum absolute atomic E-state index is 0.00214. The van der Waals surface area contributed by atoms with Gasteiger partial charge in [-0.05, 0) is 49.2 Å². The number of fused-ring (bicyclic) bond motifs is 1. The molecule has 2 heterocycles. The number of hydrogen-bond donors (Lipinski definition) is 2. The molecule has 0 radical (unpaired) electrons. The van der Waals surface area contributed by atoms with Gasteiger partial charge in [-0.3, -0.25) is 14.4 Å². The number of nitrogens with one attached hydrogen (secondary N) is 2. The number of piperidine rings is 1. The van der Waals surface area contributed by atoms with Gasteiger partial charge in [0.15, 0.2) is 11.5 Å². The van der Waals surface area contributed by atoms with Gasteiger partial charge in [-0.25, -0.2) is 0 Å². The van der Waals surface area contributed by atoms with Crippen LogP contribution in [-0.2, 0) is 4.79 Å². The zero-order chi connectivity index (χ0) is 21.1. The van der Waals surface area contributed by atoms with Crippen molar-refractivity contribution in [3.8, 4) is 11.5 Å². The average Bonchev–Trinajstić information content (AvgIpc) is 3.21. The summed E-state index contributed by atoms with van der Waals surface area (Å²) < 4.78 is 10.6. The minimum Gasteiger partial charge on any atom is -0.454 e. The largest absolute Gasteiger partial charge is 0.454 e. The van der Waals surface area contributed by atoms with Crippen LogP contribution in [-0.4, -0.2) is 48.5 Å². The predicted molar refractivity (Wildman–Crippen MR) is 110 cm³/mol. The maximum atomic E-state index is 12.8. The van der Waals surface area contributed by atoms with Gasteiger partial charge in [0.05, 0.1) is 0 Å². The van der Waals surface area contributed by atoms with Gasteiger partial charge >= 0.3 is 0 Å². The minimum atomic E-state index is -0.182. The van der Waals surface area contributed by atoms with Crippen LogP contribution in [0.15, 0.2) is 42.5 Å². The summed E-state index contributed by atoms with van der Waals surface area (Å²) in [5, 5.41) is 5.72. The van der Waals surface area contributed by atoms with E-state index >= 15 is 0 Å². The van der Waals surface area contributed by atoms with Gasteiger partial charge in [0.25, 0.3) is 11.8 Å². The van der Waals surface area contributed by atoms with E-state index in [-0.39, 0.29) is 30.6 Å². The molecule has 3 amide bonds. The number of carbonyl (C=O) groups is 3. The molecule has 0 saturated carbocycles. The second-order valence-corrected chi connectivity index (χ2v) is 7.37. The van der Waals surface area contributed by atoms with Crippen molar-refractivity contribution in [1.82, 2.24) is 10.2 Å². The van der Waals surface area contributed by atoms with Crippen molar-refractivity contribution in [3.63, 3.8) is 0 Å². The summed E-state index contributed by atoms with van der Waals surface area (Å²) in [5.74, 6) is 0.785. The predicted octanol–water partition coefficient (Wildman–Crippen LogP) is 2.41. The smallest absolute Gasteiger partial charge is 0.253 e. The van der Waals surface area contributed by atoms with Crippen molar-refractivity contribution in [2.75, 3.05) is 25.2 Å². The van der Waals surface area contributed by atoms with Crippen LogP contribution in [0.4, 0.5) is 5.69 Å². The van der Waals surface area contributed by atoms with Crippen LogP contribution < -0.4 is 20.1 Å². The van der Waals surface area contributed by atoms with Crippen LogP contribution >= 0.6 is 0 Å². The molecule has 2 N–H and O–H groups in total. The Labute approximate surface area is 174 Å². The standard InChI is InChI=1S/C22H23N3O5/c1-14(26)23-18-4-2-3-16(11-18)22(28)25-9-7-17(8-10-25)24-21(27)15-5-6-19-20(12-15)30-13-29-19/h2-6,11-12,17H,7-10,13H2,1H3,(H,23,26)(H,24,27). The lowest BCUT2D eigenvalue weighted by Gasteiger charge is -2.32. The molecule has 1 saturated heterocycles. The summed E-state index contributed by atoms with van der Waals surface area (Å²) in [5.41, 5.74) is 1.65.